The smallest absolute Gasteiger partial charge is 0.271 e. The molecule has 1 aromatic rings. The van der Waals surface area contributed by atoms with Gasteiger partial charge in [-0.25, -0.2) is 0 Å². The Hall–Kier alpha value is -2.61. The highest BCUT2D eigenvalue weighted by atomic mass is 16.5. The maximum absolute atomic E-state index is 13.1. The Morgan fingerprint density at radius 2 is 1.72 bits per heavy atom. The highest BCUT2D eigenvalue weighted by molar-refractivity contribution is 6.07. The van der Waals surface area contributed by atoms with Crippen molar-refractivity contribution >= 4 is 23.4 Å². The van der Waals surface area contributed by atoms with E-state index < -0.39 is 5.60 Å². The molecule has 0 bridgehead atoms. The fourth-order valence-corrected chi connectivity index (χ4v) is 4.01. The van der Waals surface area contributed by atoms with Crippen molar-refractivity contribution in [2.45, 2.75) is 32.3 Å². The van der Waals surface area contributed by atoms with Gasteiger partial charge in [-0.1, -0.05) is 0 Å². The zero-order chi connectivity index (χ0) is 20.6. The number of amides is 3. The molecule has 3 aliphatic rings. The van der Waals surface area contributed by atoms with Gasteiger partial charge in [-0.2, -0.15) is 0 Å². The van der Waals surface area contributed by atoms with E-state index in [0.717, 1.165) is 25.9 Å². The molecule has 2 saturated heterocycles. The molecule has 3 aliphatic heterocycles. The summed E-state index contributed by atoms with van der Waals surface area (Å²) in [5.41, 5.74) is -0.130. The molecule has 4 rings (SSSR count). The number of anilines is 1. The monoisotopic (exact) mass is 401 g/mol. The third-order valence-electron chi connectivity index (χ3n) is 5.67. The molecule has 3 heterocycles. The van der Waals surface area contributed by atoms with Crippen LogP contribution in [0.25, 0.3) is 0 Å². The molecule has 0 aliphatic carbocycles. The highest BCUT2D eigenvalue weighted by Crippen LogP contribution is 2.38. The maximum atomic E-state index is 13.1. The van der Waals surface area contributed by atoms with Gasteiger partial charge in [0, 0.05) is 31.7 Å². The number of morpholine rings is 1. The summed E-state index contributed by atoms with van der Waals surface area (Å²) in [7, 11) is 0. The van der Waals surface area contributed by atoms with Crippen molar-refractivity contribution in [3.8, 4) is 5.75 Å². The molecule has 0 radical (unpaired) electrons. The van der Waals surface area contributed by atoms with E-state index in [2.05, 4.69) is 0 Å². The van der Waals surface area contributed by atoms with Gasteiger partial charge in [-0.3, -0.25) is 19.3 Å². The third-order valence-corrected chi connectivity index (χ3v) is 5.67. The number of ether oxygens (including phenoxy) is 2. The Kier molecular flexibility index (Phi) is 5.21. The lowest BCUT2D eigenvalue weighted by molar-refractivity contribution is -0.136. The van der Waals surface area contributed by atoms with E-state index in [0.29, 0.717) is 43.3 Å². The van der Waals surface area contributed by atoms with Crippen molar-refractivity contribution in [2.24, 2.45) is 0 Å². The third kappa shape index (κ3) is 3.81. The van der Waals surface area contributed by atoms with Crippen molar-refractivity contribution in [1.82, 2.24) is 9.80 Å². The van der Waals surface area contributed by atoms with Crippen LogP contribution >= 0.6 is 0 Å². The predicted octanol–water partition coefficient (Wildman–Crippen LogP) is 1.29. The van der Waals surface area contributed by atoms with Crippen LogP contribution in [0, 0.1) is 0 Å². The van der Waals surface area contributed by atoms with Crippen LogP contribution in [0.2, 0.25) is 0 Å². The molecule has 2 fully saturated rings. The average molecular weight is 401 g/mol. The molecule has 0 saturated carbocycles. The number of nitrogens with zero attached hydrogens (tertiary/aromatic N) is 3. The molecule has 0 N–H and O–H groups in total. The van der Waals surface area contributed by atoms with Gasteiger partial charge < -0.3 is 19.3 Å². The van der Waals surface area contributed by atoms with Crippen LogP contribution in [0.4, 0.5) is 5.69 Å². The second-order valence-electron chi connectivity index (χ2n) is 8.18. The molecule has 1 aromatic carbocycles. The Balaban J connectivity index is 1.63. The standard InChI is InChI=1S/C21H27N3O5/c1-21(2)20(27)24(14-18(25)22-7-3-4-8-22)16-13-15(5-6-17(16)29-21)19(26)23-9-11-28-12-10-23/h5-6,13H,3-4,7-12,14H2,1-2H3. The minimum absolute atomic E-state index is 0.0478. The first-order valence-electron chi connectivity index (χ1n) is 10.2. The van der Waals surface area contributed by atoms with Crippen LogP contribution in [0.3, 0.4) is 0 Å². The Morgan fingerprint density at radius 1 is 1.03 bits per heavy atom. The van der Waals surface area contributed by atoms with Crippen molar-refractivity contribution in [2.75, 3.05) is 50.8 Å². The van der Waals surface area contributed by atoms with Gasteiger partial charge in [0.05, 0.1) is 18.9 Å². The van der Waals surface area contributed by atoms with E-state index in [1.54, 1.807) is 41.8 Å². The molecule has 0 unspecified atom stereocenters. The SMILES string of the molecule is CC1(C)Oc2ccc(C(=O)N3CCOCC3)cc2N(CC(=O)N2CCCC2)C1=O. The number of rotatable bonds is 3. The van der Waals surface area contributed by atoms with Gasteiger partial charge in [0.15, 0.2) is 5.60 Å². The summed E-state index contributed by atoms with van der Waals surface area (Å²) in [5, 5.41) is 0. The van der Waals surface area contributed by atoms with Crippen LogP contribution < -0.4 is 9.64 Å². The quantitative estimate of drug-likeness (QED) is 0.763. The van der Waals surface area contributed by atoms with Gasteiger partial charge in [-0.15, -0.1) is 0 Å². The second-order valence-corrected chi connectivity index (χ2v) is 8.18. The molecule has 3 amide bonds. The summed E-state index contributed by atoms with van der Waals surface area (Å²) in [6, 6.07) is 5.09. The van der Waals surface area contributed by atoms with Crippen molar-refractivity contribution in [3.05, 3.63) is 23.8 Å². The number of carbonyl (C=O) groups is 3. The number of hydrogen-bond acceptors (Lipinski definition) is 5. The van der Waals surface area contributed by atoms with Crippen molar-refractivity contribution in [1.29, 1.82) is 0 Å². The Bertz CT molecular complexity index is 826. The molecule has 156 valence electrons. The predicted molar refractivity (Wildman–Crippen MR) is 106 cm³/mol. The van der Waals surface area contributed by atoms with Crippen LogP contribution in [0.1, 0.15) is 37.0 Å². The second kappa shape index (κ2) is 7.67. The number of hydrogen-bond donors (Lipinski definition) is 0. The number of carbonyl (C=O) groups excluding carboxylic acids is 3. The maximum Gasteiger partial charge on any atom is 0.271 e. The van der Waals surface area contributed by atoms with Crippen LogP contribution in [-0.4, -0.2) is 79.1 Å². The zero-order valence-electron chi connectivity index (χ0n) is 17.0. The summed E-state index contributed by atoms with van der Waals surface area (Å²) in [6.45, 7) is 6.90. The fraction of sp³-hybridized carbons (Fsp3) is 0.571. The van der Waals surface area contributed by atoms with Gasteiger partial charge >= 0.3 is 0 Å². The molecule has 8 nitrogen and oxygen atoms in total. The van der Waals surface area contributed by atoms with E-state index in [4.69, 9.17) is 9.47 Å². The van der Waals surface area contributed by atoms with Crippen molar-refractivity contribution in [3.63, 3.8) is 0 Å². The minimum atomic E-state index is -1.08. The Labute approximate surface area is 170 Å². The zero-order valence-corrected chi connectivity index (χ0v) is 17.0. The largest absolute Gasteiger partial charge is 0.476 e. The molecule has 8 heteroatoms. The highest BCUT2D eigenvalue weighted by Gasteiger charge is 2.42. The van der Waals surface area contributed by atoms with Gasteiger partial charge in [0.2, 0.25) is 5.91 Å². The number of fused-ring (bicyclic) bond motifs is 1. The van der Waals surface area contributed by atoms with E-state index >= 15 is 0 Å². The first-order valence-corrected chi connectivity index (χ1v) is 10.2. The van der Waals surface area contributed by atoms with E-state index in [1.807, 2.05) is 0 Å². The molecule has 0 aromatic heterocycles. The molecular weight excluding hydrogens is 374 g/mol. The summed E-state index contributed by atoms with van der Waals surface area (Å²) in [4.78, 5) is 43.7. The topological polar surface area (TPSA) is 79.4 Å². The van der Waals surface area contributed by atoms with E-state index in [9.17, 15) is 14.4 Å². The molecule has 0 spiro atoms. The van der Waals surface area contributed by atoms with Crippen LogP contribution in [0.15, 0.2) is 18.2 Å². The fourth-order valence-electron chi connectivity index (χ4n) is 4.01. The number of likely N-dealkylation sites (tertiary alicyclic amines) is 1. The summed E-state index contributed by atoms with van der Waals surface area (Å²) >= 11 is 0. The van der Waals surface area contributed by atoms with Gasteiger partial charge in [0.25, 0.3) is 11.8 Å². The van der Waals surface area contributed by atoms with Crippen molar-refractivity contribution < 1.29 is 23.9 Å². The summed E-state index contributed by atoms with van der Waals surface area (Å²) < 4.78 is 11.2. The molecule has 29 heavy (non-hydrogen) atoms. The van der Waals surface area contributed by atoms with Gasteiger partial charge in [-0.05, 0) is 44.9 Å². The molecule has 0 atom stereocenters. The summed E-state index contributed by atoms with van der Waals surface area (Å²) in [5.74, 6) is 0.0273. The van der Waals surface area contributed by atoms with Crippen LogP contribution in [0.5, 0.6) is 5.75 Å². The first kappa shape index (κ1) is 19.7. The van der Waals surface area contributed by atoms with Gasteiger partial charge in [0.1, 0.15) is 12.3 Å². The van der Waals surface area contributed by atoms with E-state index in [-0.39, 0.29) is 24.3 Å². The lowest BCUT2D eigenvalue weighted by Gasteiger charge is -2.39. The molecular formula is C21H27N3O5. The van der Waals surface area contributed by atoms with Crippen LogP contribution in [-0.2, 0) is 14.3 Å². The minimum Gasteiger partial charge on any atom is -0.476 e. The van der Waals surface area contributed by atoms with E-state index in [1.165, 1.54) is 4.90 Å². The lowest BCUT2D eigenvalue weighted by atomic mass is 10.0. The normalized spacial score (nSPS) is 21.0. The average Bonchev–Trinajstić information content (AvgIpc) is 3.26. The summed E-state index contributed by atoms with van der Waals surface area (Å²) in [6.07, 6.45) is 1.98. The number of benzene rings is 1. The first-order chi connectivity index (χ1) is 13.9. The Morgan fingerprint density at radius 3 is 2.41 bits per heavy atom. The lowest BCUT2D eigenvalue weighted by Crippen LogP contribution is -2.55.